The fraction of sp³-hybridized carbons (Fsp3) is 0.0769. The number of hydrogen-bond donors (Lipinski definition) is 3. The van der Waals surface area contributed by atoms with E-state index in [0.717, 1.165) is 0 Å². The van der Waals surface area contributed by atoms with Crippen molar-refractivity contribution in [3.05, 3.63) is 46.7 Å². The normalized spacial score (nSPS) is 10.0. The van der Waals surface area contributed by atoms with E-state index in [0.29, 0.717) is 11.6 Å². The largest absolute Gasteiger partial charge is 0.478 e. The first-order valence-corrected chi connectivity index (χ1v) is 6.23. The maximum Gasteiger partial charge on any atom is 0.335 e. The molecule has 21 heavy (non-hydrogen) atoms. The van der Waals surface area contributed by atoms with Gasteiger partial charge in [0.25, 0.3) is 5.91 Å². The summed E-state index contributed by atoms with van der Waals surface area (Å²) in [5.41, 5.74) is 0.345. The molecular formula is C13H11ClN4O3. The molecule has 0 atom stereocenters. The monoisotopic (exact) mass is 306 g/mol. The zero-order valence-corrected chi connectivity index (χ0v) is 11.7. The summed E-state index contributed by atoms with van der Waals surface area (Å²) in [5, 5.41) is 14.4. The van der Waals surface area contributed by atoms with E-state index in [9.17, 15) is 9.59 Å². The second-order valence-corrected chi connectivity index (χ2v) is 4.40. The molecule has 2 aromatic rings. The van der Waals surface area contributed by atoms with Crippen molar-refractivity contribution >= 4 is 35.1 Å². The highest BCUT2D eigenvalue weighted by Gasteiger charge is 2.11. The van der Waals surface area contributed by atoms with Crippen LogP contribution in [0.1, 0.15) is 20.7 Å². The molecule has 0 aliphatic carbocycles. The maximum absolute atomic E-state index is 11.5. The summed E-state index contributed by atoms with van der Waals surface area (Å²) < 4.78 is 0. The van der Waals surface area contributed by atoms with E-state index in [1.165, 1.54) is 37.6 Å². The number of rotatable bonds is 4. The first-order valence-electron chi connectivity index (χ1n) is 5.85. The van der Waals surface area contributed by atoms with Crippen molar-refractivity contribution < 1.29 is 14.7 Å². The fourth-order valence-electron chi connectivity index (χ4n) is 1.56. The Balaban J connectivity index is 2.24. The number of hydrogen-bond acceptors (Lipinski definition) is 5. The molecule has 0 aliphatic rings. The van der Waals surface area contributed by atoms with Crippen molar-refractivity contribution in [1.29, 1.82) is 0 Å². The average molecular weight is 307 g/mol. The van der Waals surface area contributed by atoms with Crippen LogP contribution in [0.3, 0.4) is 0 Å². The van der Waals surface area contributed by atoms with Gasteiger partial charge in [0.15, 0.2) is 0 Å². The van der Waals surface area contributed by atoms with Gasteiger partial charge in [0.05, 0.1) is 16.1 Å². The molecule has 0 fully saturated rings. The summed E-state index contributed by atoms with van der Waals surface area (Å²) in [6.07, 6.45) is 2.69. The third-order valence-electron chi connectivity index (χ3n) is 2.59. The molecule has 108 valence electrons. The Bertz CT molecular complexity index is 706. The molecule has 0 aliphatic heterocycles. The number of anilines is 2. The van der Waals surface area contributed by atoms with Gasteiger partial charge in [-0.15, -0.1) is 0 Å². The van der Waals surface area contributed by atoms with E-state index in [2.05, 4.69) is 20.6 Å². The molecule has 7 nitrogen and oxygen atoms in total. The number of aromatic nitrogens is 2. The van der Waals surface area contributed by atoms with Crippen molar-refractivity contribution in [2.75, 3.05) is 12.4 Å². The Morgan fingerprint density at radius 2 is 1.95 bits per heavy atom. The molecule has 3 N–H and O–H groups in total. The fourth-order valence-corrected chi connectivity index (χ4v) is 1.80. The Hall–Kier alpha value is -2.67. The Morgan fingerprint density at radius 3 is 2.57 bits per heavy atom. The third kappa shape index (κ3) is 3.46. The quantitative estimate of drug-likeness (QED) is 0.797. The van der Waals surface area contributed by atoms with Crippen molar-refractivity contribution in [3.63, 3.8) is 0 Å². The summed E-state index contributed by atoms with van der Waals surface area (Å²) in [5.74, 6) is -0.736. The number of carbonyl (C=O) groups excluding carboxylic acids is 1. The minimum Gasteiger partial charge on any atom is -0.478 e. The van der Waals surface area contributed by atoms with Crippen LogP contribution in [0.5, 0.6) is 0 Å². The molecule has 2 heterocycles. The lowest BCUT2D eigenvalue weighted by molar-refractivity contribution is 0.0696. The SMILES string of the molecule is CNC(=O)c1cnc(Nc2cc(C(=O)O)ccn2)cc1Cl. The van der Waals surface area contributed by atoms with Gasteiger partial charge in [-0.05, 0) is 12.1 Å². The molecule has 0 aromatic carbocycles. The first-order chi connectivity index (χ1) is 10.0. The lowest BCUT2D eigenvalue weighted by atomic mass is 10.2. The Labute approximate surface area is 125 Å². The summed E-state index contributed by atoms with van der Waals surface area (Å²) in [7, 11) is 1.49. The molecule has 8 heteroatoms. The molecule has 0 unspecified atom stereocenters. The molecule has 2 aromatic heterocycles. The van der Waals surface area contributed by atoms with Crippen LogP contribution in [0, 0.1) is 0 Å². The predicted octanol–water partition coefficient (Wildman–Crippen LogP) is 1.93. The van der Waals surface area contributed by atoms with Gasteiger partial charge in [0.1, 0.15) is 11.6 Å². The second kappa shape index (κ2) is 6.19. The molecule has 0 spiro atoms. The number of aromatic carboxylic acids is 1. The van der Waals surface area contributed by atoms with Crippen LogP contribution in [0.25, 0.3) is 0 Å². The van der Waals surface area contributed by atoms with Crippen LogP contribution >= 0.6 is 11.6 Å². The van der Waals surface area contributed by atoms with Gasteiger partial charge < -0.3 is 15.7 Å². The minimum atomic E-state index is -1.05. The summed E-state index contributed by atoms with van der Waals surface area (Å²) in [4.78, 5) is 30.4. The molecule has 0 radical (unpaired) electrons. The highest BCUT2D eigenvalue weighted by atomic mass is 35.5. The number of carboxylic acid groups (broad SMARTS) is 1. The van der Waals surface area contributed by atoms with Gasteiger partial charge in [-0.2, -0.15) is 0 Å². The molecular weight excluding hydrogens is 296 g/mol. The zero-order chi connectivity index (χ0) is 15.4. The third-order valence-corrected chi connectivity index (χ3v) is 2.90. The number of nitrogens with one attached hydrogen (secondary N) is 2. The van der Waals surface area contributed by atoms with Crippen LogP contribution < -0.4 is 10.6 Å². The number of nitrogens with zero attached hydrogens (tertiary/aromatic N) is 2. The number of carbonyl (C=O) groups is 2. The summed E-state index contributed by atoms with van der Waals surface area (Å²) in [6.45, 7) is 0. The first kappa shape index (κ1) is 14.7. The maximum atomic E-state index is 11.5. The van der Waals surface area contributed by atoms with E-state index >= 15 is 0 Å². The molecule has 0 bridgehead atoms. The molecule has 0 saturated heterocycles. The number of amides is 1. The Morgan fingerprint density at radius 1 is 1.24 bits per heavy atom. The number of carboxylic acids is 1. The zero-order valence-electron chi connectivity index (χ0n) is 10.9. The van der Waals surface area contributed by atoms with Crippen LogP contribution in [-0.4, -0.2) is 34.0 Å². The van der Waals surface area contributed by atoms with E-state index in [1.807, 2.05) is 0 Å². The molecule has 0 saturated carbocycles. The van der Waals surface area contributed by atoms with Gasteiger partial charge in [-0.3, -0.25) is 4.79 Å². The highest BCUT2D eigenvalue weighted by molar-refractivity contribution is 6.34. The van der Waals surface area contributed by atoms with Crippen molar-refractivity contribution in [2.45, 2.75) is 0 Å². The van der Waals surface area contributed by atoms with E-state index in [1.54, 1.807) is 0 Å². The van der Waals surface area contributed by atoms with Gasteiger partial charge in [-0.25, -0.2) is 14.8 Å². The van der Waals surface area contributed by atoms with E-state index < -0.39 is 5.97 Å². The standard InChI is InChI=1S/C13H11ClN4O3/c1-15-12(19)8-6-17-11(5-9(8)14)18-10-4-7(13(20)21)2-3-16-10/h2-6H,1H3,(H,15,19)(H,20,21)(H,16,17,18). The van der Waals surface area contributed by atoms with E-state index in [-0.39, 0.29) is 22.1 Å². The second-order valence-electron chi connectivity index (χ2n) is 3.99. The highest BCUT2D eigenvalue weighted by Crippen LogP contribution is 2.21. The average Bonchev–Trinajstić information content (AvgIpc) is 2.47. The topological polar surface area (TPSA) is 104 Å². The molecule has 1 amide bonds. The van der Waals surface area contributed by atoms with Crippen LogP contribution in [0.15, 0.2) is 30.6 Å². The summed E-state index contributed by atoms with van der Waals surface area (Å²) in [6, 6.07) is 4.20. The predicted molar refractivity (Wildman–Crippen MR) is 77.1 cm³/mol. The Kier molecular flexibility index (Phi) is 4.34. The lowest BCUT2D eigenvalue weighted by Gasteiger charge is -2.07. The van der Waals surface area contributed by atoms with Gasteiger partial charge in [0, 0.05) is 25.5 Å². The van der Waals surface area contributed by atoms with Crippen molar-refractivity contribution in [3.8, 4) is 0 Å². The smallest absolute Gasteiger partial charge is 0.335 e. The number of halogens is 1. The summed E-state index contributed by atoms with van der Waals surface area (Å²) >= 11 is 6.00. The van der Waals surface area contributed by atoms with Crippen LogP contribution in [0.2, 0.25) is 5.02 Å². The van der Waals surface area contributed by atoms with Crippen LogP contribution in [-0.2, 0) is 0 Å². The minimum absolute atomic E-state index is 0.0978. The van der Waals surface area contributed by atoms with Crippen molar-refractivity contribution in [2.24, 2.45) is 0 Å². The van der Waals surface area contributed by atoms with Crippen LogP contribution in [0.4, 0.5) is 11.6 Å². The lowest BCUT2D eigenvalue weighted by Crippen LogP contribution is -2.18. The number of pyridine rings is 2. The van der Waals surface area contributed by atoms with E-state index in [4.69, 9.17) is 16.7 Å². The molecule has 2 rings (SSSR count). The van der Waals surface area contributed by atoms with Gasteiger partial charge in [0.2, 0.25) is 0 Å². The van der Waals surface area contributed by atoms with Crippen molar-refractivity contribution in [1.82, 2.24) is 15.3 Å². The van der Waals surface area contributed by atoms with Gasteiger partial charge >= 0.3 is 5.97 Å². The van der Waals surface area contributed by atoms with Gasteiger partial charge in [-0.1, -0.05) is 11.6 Å².